The maximum atomic E-state index is 12.1. The molecule has 2 aromatic heterocycles. The summed E-state index contributed by atoms with van der Waals surface area (Å²) in [5.41, 5.74) is 1.31. The van der Waals surface area contributed by atoms with Crippen LogP contribution in [0.3, 0.4) is 0 Å². The van der Waals surface area contributed by atoms with Gasteiger partial charge in [0, 0.05) is 29.0 Å². The Kier molecular flexibility index (Phi) is 6.09. The number of hydrogen-bond donors (Lipinski definition) is 2. The van der Waals surface area contributed by atoms with Gasteiger partial charge in [-0.25, -0.2) is 9.97 Å². The van der Waals surface area contributed by atoms with E-state index in [1.807, 2.05) is 18.2 Å². The molecule has 0 fully saturated rings. The number of hydrogen-bond acceptors (Lipinski definition) is 5. The molecule has 8 heteroatoms. The molecule has 0 saturated heterocycles. The van der Waals surface area contributed by atoms with Crippen LogP contribution in [0.25, 0.3) is 0 Å². The smallest absolute Gasteiger partial charge is 0.254 e. The Morgan fingerprint density at radius 3 is 2.65 bits per heavy atom. The molecule has 0 aliphatic carbocycles. The van der Waals surface area contributed by atoms with E-state index in [2.05, 4.69) is 20.6 Å². The Morgan fingerprint density at radius 2 is 1.96 bits per heavy atom. The molecule has 0 aliphatic heterocycles. The third kappa shape index (κ3) is 4.97. The molecule has 6 nitrogen and oxygen atoms in total. The highest BCUT2D eigenvalue weighted by molar-refractivity contribution is 6.35. The zero-order valence-electron chi connectivity index (χ0n) is 13.7. The Labute approximate surface area is 160 Å². The molecule has 3 aromatic rings. The first-order valence-electron chi connectivity index (χ1n) is 7.92. The van der Waals surface area contributed by atoms with Crippen molar-refractivity contribution >= 4 is 35.1 Å². The van der Waals surface area contributed by atoms with Crippen molar-refractivity contribution in [3.63, 3.8) is 0 Å². The lowest BCUT2D eigenvalue weighted by atomic mass is 10.1. The average Bonchev–Trinajstić information content (AvgIpc) is 3.16. The molecule has 26 heavy (non-hydrogen) atoms. The summed E-state index contributed by atoms with van der Waals surface area (Å²) in [7, 11) is 0. The summed E-state index contributed by atoms with van der Waals surface area (Å²) in [4.78, 5) is 20.4. The fourth-order valence-corrected chi connectivity index (χ4v) is 2.76. The van der Waals surface area contributed by atoms with Crippen molar-refractivity contribution in [2.24, 2.45) is 0 Å². The van der Waals surface area contributed by atoms with Gasteiger partial charge in [-0.15, -0.1) is 0 Å². The van der Waals surface area contributed by atoms with Crippen molar-refractivity contribution in [1.82, 2.24) is 15.3 Å². The monoisotopic (exact) mass is 390 g/mol. The maximum Gasteiger partial charge on any atom is 0.254 e. The van der Waals surface area contributed by atoms with Crippen molar-refractivity contribution in [1.29, 1.82) is 0 Å². The lowest BCUT2D eigenvalue weighted by molar-refractivity contribution is 0.0953. The molecule has 3 rings (SSSR count). The fraction of sp³-hybridized carbons (Fsp3) is 0.167. The predicted octanol–water partition coefficient (Wildman–Crippen LogP) is 3.96. The summed E-state index contributed by atoms with van der Waals surface area (Å²) in [5, 5.41) is 7.00. The van der Waals surface area contributed by atoms with Crippen LogP contribution in [0, 0.1) is 0 Å². The van der Waals surface area contributed by atoms with Crippen molar-refractivity contribution in [3.8, 4) is 0 Å². The van der Waals surface area contributed by atoms with Crippen LogP contribution in [-0.4, -0.2) is 22.4 Å². The van der Waals surface area contributed by atoms with Crippen LogP contribution in [0.4, 0.5) is 5.95 Å². The molecule has 134 valence electrons. The number of nitrogens with one attached hydrogen (secondary N) is 2. The molecule has 0 spiro atoms. The Hall–Kier alpha value is -2.57. The van der Waals surface area contributed by atoms with E-state index in [4.69, 9.17) is 27.6 Å². The Morgan fingerprint density at radius 1 is 1.15 bits per heavy atom. The van der Waals surface area contributed by atoms with Crippen LogP contribution in [-0.2, 0) is 13.0 Å². The van der Waals surface area contributed by atoms with Gasteiger partial charge in [-0.05, 0) is 36.2 Å². The molecule has 0 saturated carbocycles. The summed E-state index contributed by atoms with van der Waals surface area (Å²) in [6.07, 6.45) is 5.15. The van der Waals surface area contributed by atoms with Gasteiger partial charge in [-0.2, -0.15) is 0 Å². The summed E-state index contributed by atoms with van der Waals surface area (Å²) < 4.78 is 5.21. The largest absolute Gasteiger partial charge is 0.467 e. The number of carbonyl (C=O) groups is 1. The number of anilines is 1. The van der Waals surface area contributed by atoms with E-state index in [0.717, 1.165) is 11.3 Å². The maximum absolute atomic E-state index is 12.1. The van der Waals surface area contributed by atoms with Crippen LogP contribution in [0.5, 0.6) is 0 Å². The van der Waals surface area contributed by atoms with Crippen molar-refractivity contribution in [2.75, 3.05) is 11.9 Å². The van der Waals surface area contributed by atoms with E-state index < -0.39 is 0 Å². The minimum Gasteiger partial charge on any atom is -0.467 e. The molecule has 0 bridgehead atoms. The number of aromatic nitrogens is 2. The highest BCUT2D eigenvalue weighted by Gasteiger charge is 2.08. The third-order valence-electron chi connectivity index (χ3n) is 3.61. The minimum atomic E-state index is -0.243. The van der Waals surface area contributed by atoms with Gasteiger partial charge in [-0.3, -0.25) is 4.79 Å². The zero-order valence-corrected chi connectivity index (χ0v) is 15.2. The van der Waals surface area contributed by atoms with Gasteiger partial charge in [0.05, 0.1) is 18.4 Å². The van der Waals surface area contributed by atoms with Crippen LogP contribution in [0.1, 0.15) is 21.7 Å². The van der Waals surface area contributed by atoms with E-state index in [-0.39, 0.29) is 5.91 Å². The second-order valence-electron chi connectivity index (χ2n) is 5.47. The second kappa shape index (κ2) is 8.69. The van der Waals surface area contributed by atoms with Crippen molar-refractivity contribution in [2.45, 2.75) is 13.0 Å². The first-order valence-corrected chi connectivity index (χ1v) is 8.68. The van der Waals surface area contributed by atoms with Gasteiger partial charge in [0.1, 0.15) is 5.76 Å². The second-order valence-corrected chi connectivity index (χ2v) is 6.31. The molecule has 2 heterocycles. The molecule has 0 atom stereocenters. The quantitative estimate of drug-likeness (QED) is 0.637. The molecule has 0 unspecified atom stereocenters. The van der Waals surface area contributed by atoms with Gasteiger partial charge in [0.25, 0.3) is 5.91 Å². The summed E-state index contributed by atoms with van der Waals surface area (Å²) >= 11 is 12.0. The number of furan rings is 1. The molecule has 0 aliphatic rings. The number of carbonyl (C=O) groups excluding carboxylic acids is 1. The molecule has 1 aromatic carbocycles. The van der Waals surface area contributed by atoms with E-state index >= 15 is 0 Å². The number of benzene rings is 1. The van der Waals surface area contributed by atoms with E-state index in [0.29, 0.717) is 41.1 Å². The number of halogens is 2. The summed E-state index contributed by atoms with van der Waals surface area (Å²) in [6, 6.07) is 8.96. The lowest BCUT2D eigenvalue weighted by Gasteiger charge is -2.07. The standard InChI is InChI=1S/C18H16Cl2N4O2/c19-14-4-3-12(16(20)8-14)5-6-21-17(25)13-9-22-18(23-10-13)24-11-15-2-1-7-26-15/h1-4,7-10H,5-6,11H2,(H,21,25)(H,22,23,24). The molecule has 1 amide bonds. The summed E-state index contributed by atoms with van der Waals surface area (Å²) in [5.74, 6) is 0.954. The van der Waals surface area contributed by atoms with Crippen molar-refractivity contribution < 1.29 is 9.21 Å². The van der Waals surface area contributed by atoms with Gasteiger partial charge in [-0.1, -0.05) is 29.3 Å². The minimum absolute atomic E-state index is 0.243. The number of nitrogens with zero attached hydrogens (tertiary/aromatic N) is 2. The van der Waals surface area contributed by atoms with E-state index in [1.165, 1.54) is 12.4 Å². The number of rotatable bonds is 7. The normalized spacial score (nSPS) is 10.5. The first-order chi connectivity index (χ1) is 12.6. The Bertz CT molecular complexity index is 867. The Balaban J connectivity index is 1.48. The average molecular weight is 391 g/mol. The molecule has 0 radical (unpaired) electrons. The van der Waals surface area contributed by atoms with E-state index in [9.17, 15) is 4.79 Å². The van der Waals surface area contributed by atoms with E-state index in [1.54, 1.807) is 18.4 Å². The first kappa shape index (κ1) is 18.2. The highest BCUT2D eigenvalue weighted by atomic mass is 35.5. The van der Waals surface area contributed by atoms with Gasteiger partial charge in [0.15, 0.2) is 0 Å². The van der Waals surface area contributed by atoms with Gasteiger partial charge in [0.2, 0.25) is 5.95 Å². The topological polar surface area (TPSA) is 80.0 Å². The third-order valence-corrected chi connectivity index (χ3v) is 4.20. The molecular formula is C18H16Cl2N4O2. The molecule has 2 N–H and O–H groups in total. The SMILES string of the molecule is O=C(NCCc1ccc(Cl)cc1Cl)c1cnc(NCc2ccco2)nc1. The number of amides is 1. The van der Waals surface area contributed by atoms with Crippen LogP contribution in [0.15, 0.2) is 53.4 Å². The van der Waals surface area contributed by atoms with Crippen molar-refractivity contribution in [3.05, 3.63) is 75.9 Å². The highest BCUT2D eigenvalue weighted by Crippen LogP contribution is 2.21. The van der Waals surface area contributed by atoms with Gasteiger partial charge < -0.3 is 15.1 Å². The lowest BCUT2D eigenvalue weighted by Crippen LogP contribution is -2.26. The fourth-order valence-electron chi connectivity index (χ4n) is 2.25. The summed E-state index contributed by atoms with van der Waals surface area (Å²) in [6.45, 7) is 0.916. The van der Waals surface area contributed by atoms with Crippen LogP contribution in [0.2, 0.25) is 10.0 Å². The van der Waals surface area contributed by atoms with Gasteiger partial charge >= 0.3 is 0 Å². The molecular weight excluding hydrogens is 375 g/mol. The van der Waals surface area contributed by atoms with Crippen LogP contribution >= 0.6 is 23.2 Å². The zero-order chi connectivity index (χ0) is 18.4. The predicted molar refractivity (Wildman–Crippen MR) is 101 cm³/mol. The van der Waals surface area contributed by atoms with Crippen LogP contribution < -0.4 is 10.6 Å².